The molecular weight excluding hydrogens is 342 g/mol. The number of aromatic nitrogens is 6. The van der Waals surface area contributed by atoms with Crippen molar-refractivity contribution >= 4 is 17.4 Å². The first kappa shape index (κ1) is 16.4. The summed E-state index contributed by atoms with van der Waals surface area (Å²) in [6.45, 7) is 9.48. The lowest BCUT2D eigenvalue weighted by Crippen LogP contribution is -2.48. The Kier molecular flexibility index (Phi) is 3.89. The first-order valence-corrected chi connectivity index (χ1v) is 9.43. The topological polar surface area (TPSA) is 87.4 Å². The second-order valence-corrected chi connectivity index (χ2v) is 7.15. The van der Waals surface area contributed by atoms with Crippen LogP contribution in [0.15, 0.2) is 12.4 Å². The van der Waals surface area contributed by atoms with Gasteiger partial charge in [0.2, 0.25) is 0 Å². The average molecular weight is 365 g/mol. The van der Waals surface area contributed by atoms with Crippen molar-refractivity contribution in [3.8, 4) is 0 Å². The molecule has 2 aliphatic heterocycles. The van der Waals surface area contributed by atoms with Gasteiger partial charge in [-0.1, -0.05) is 0 Å². The van der Waals surface area contributed by atoms with E-state index in [1.165, 1.54) is 5.56 Å². The van der Waals surface area contributed by atoms with E-state index in [-0.39, 0.29) is 0 Å². The molecule has 5 rings (SSSR count). The summed E-state index contributed by atoms with van der Waals surface area (Å²) in [7, 11) is 0. The van der Waals surface area contributed by atoms with E-state index >= 15 is 0 Å². The van der Waals surface area contributed by atoms with Crippen LogP contribution in [0.5, 0.6) is 0 Å². The van der Waals surface area contributed by atoms with Crippen molar-refractivity contribution in [1.82, 2.24) is 34.9 Å². The summed E-state index contributed by atoms with van der Waals surface area (Å²) in [5, 5.41) is 7.75. The van der Waals surface area contributed by atoms with Crippen LogP contribution in [0, 0.1) is 13.8 Å². The first-order valence-electron chi connectivity index (χ1n) is 9.43. The number of anilines is 2. The van der Waals surface area contributed by atoms with E-state index in [4.69, 9.17) is 4.98 Å². The van der Waals surface area contributed by atoms with E-state index in [9.17, 15) is 0 Å². The van der Waals surface area contributed by atoms with Gasteiger partial charge >= 0.3 is 0 Å². The van der Waals surface area contributed by atoms with Crippen LogP contribution in [0.1, 0.15) is 22.8 Å². The van der Waals surface area contributed by atoms with Gasteiger partial charge in [0.25, 0.3) is 5.78 Å². The summed E-state index contributed by atoms with van der Waals surface area (Å²) in [4.78, 5) is 22.9. The maximum absolute atomic E-state index is 4.79. The van der Waals surface area contributed by atoms with E-state index < -0.39 is 0 Å². The number of nitrogens with one attached hydrogen (secondary N) is 1. The minimum atomic E-state index is 0.653. The minimum Gasteiger partial charge on any atom is -0.353 e. The van der Waals surface area contributed by atoms with Gasteiger partial charge in [-0.15, -0.1) is 0 Å². The van der Waals surface area contributed by atoms with Crippen molar-refractivity contribution in [3.05, 3.63) is 35.2 Å². The van der Waals surface area contributed by atoms with Crippen LogP contribution in [0.3, 0.4) is 0 Å². The highest BCUT2D eigenvalue weighted by Crippen LogP contribution is 2.26. The monoisotopic (exact) mass is 365 g/mol. The van der Waals surface area contributed by atoms with Crippen LogP contribution in [-0.2, 0) is 13.0 Å². The van der Waals surface area contributed by atoms with Gasteiger partial charge in [0.1, 0.15) is 23.8 Å². The Morgan fingerprint density at radius 3 is 2.67 bits per heavy atom. The number of hydrogen-bond acceptors (Lipinski definition) is 8. The summed E-state index contributed by atoms with van der Waals surface area (Å²) >= 11 is 0. The summed E-state index contributed by atoms with van der Waals surface area (Å²) in [5.41, 5.74) is 3.42. The maximum Gasteiger partial charge on any atom is 0.254 e. The molecule has 0 aliphatic carbocycles. The van der Waals surface area contributed by atoms with Gasteiger partial charge in [-0.25, -0.2) is 15.0 Å². The predicted molar refractivity (Wildman–Crippen MR) is 102 cm³/mol. The van der Waals surface area contributed by atoms with Crippen molar-refractivity contribution in [2.24, 2.45) is 0 Å². The molecule has 0 atom stereocenters. The van der Waals surface area contributed by atoms with Crippen LogP contribution in [0.4, 0.5) is 11.6 Å². The molecule has 5 heterocycles. The highest BCUT2D eigenvalue weighted by Gasteiger charge is 2.25. The molecule has 27 heavy (non-hydrogen) atoms. The Bertz CT molecular complexity index is 988. The Labute approximate surface area is 157 Å². The molecule has 0 aromatic carbocycles. The number of rotatable bonds is 2. The van der Waals surface area contributed by atoms with Crippen molar-refractivity contribution in [3.63, 3.8) is 0 Å². The van der Waals surface area contributed by atoms with E-state index in [1.54, 1.807) is 6.33 Å². The summed E-state index contributed by atoms with van der Waals surface area (Å²) in [6, 6.07) is 2.08. The summed E-state index contributed by atoms with van der Waals surface area (Å²) in [5.74, 6) is 3.68. The van der Waals surface area contributed by atoms with E-state index in [0.717, 1.165) is 74.5 Å². The fourth-order valence-corrected chi connectivity index (χ4v) is 4.01. The van der Waals surface area contributed by atoms with Gasteiger partial charge in [0.05, 0.1) is 5.69 Å². The largest absolute Gasteiger partial charge is 0.353 e. The molecule has 0 bridgehead atoms. The highest BCUT2D eigenvalue weighted by molar-refractivity contribution is 5.53. The molecule has 0 unspecified atom stereocenters. The molecule has 1 saturated heterocycles. The summed E-state index contributed by atoms with van der Waals surface area (Å²) < 4.78 is 1.82. The third-order valence-corrected chi connectivity index (χ3v) is 5.29. The maximum atomic E-state index is 4.79. The molecular formula is C18H23N9. The van der Waals surface area contributed by atoms with Crippen LogP contribution < -0.4 is 15.1 Å². The fourth-order valence-electron chi connectivity index (χ4n) is 4.01. The third-order valence-electron chi connectivity index (χ3n) is 5.29. The smallest absolute Gasteiger partial charge is 0.254 e. The van der Waals surface area contributed by atoms with Crippen LogP contribution in [-0.4, -0.2) is 62.3 Å². The van der Waals surface area contributed by atoms with Crippen LogP contribution >= 0.6 is 0 Å². The van der Waals surface area contributed by atoms with Crippen molar-refractivity contribution in [1.29, 1.82) is 0 Å². The first-order chi connectivity index (χ1) is 13.2. The van der Waals surface area contributed by atoms with Crippen molar-refractivity contribution < 1.29 is 0 Å². The normalized spacial score (nSPS) is 17.4. The zero-order chi connectivity index (χ0) is 18.4. The average Bonchev–Trinajstić information content (AvgIpc) is 3.15. The van der Waals surface area contributed by atoms with E-state index in [0.29, 0.717) is 5.78 Å². The van der Waals surface area contributed by atoms with Crippen LogP contribution in [0.25, 0.3) is 5.78 Å². The number of nitrogens with zero attached hydrogens (tertiary/aromatic N) is 8. The lowest BCUT2D eigenvalue weighted by Gasteiger charge is -2.38. The minimum absolute atomic E-state index is 0.653. The number of piperazine rings is 1. The van der Waals surface area contributed by atoms with Gasteiger partial charge in [-0.3, -0.25) is 0 Å². The lowest BCUT2D eigenvalue weighted by atomic mass is 10.1. The Morgan fingerprint density at radius 1 is 1.00 bits per heavy atom. The second kappa shape index (κ2) is 6.41. The predicted octanol–water partition coefficient (Wildman–Crippen LogP) is 0.503. The zero-order valence-corrected chi connectivity index (χ0v) is 15.7. The number of hydrogen-bond donors (Lipinski definition) is 1. The zero-order valence-electron chi connectivity index (χ0n) is 15.7. The Balaban J connectivity index is 1.41. The number of fused-ring (bicyclic) bond motifs is 2. The van der Waals surface area contributed by atoms with Gasteiger partial charge in [-0.05, 0) is 26.8 Å². The second-order valence-electron chi connectivity index (χ2n) is 7.15. The molecule has 140 valence electrons. The standard InChI is InChI=1S/C18H23N9/c1-12-9-16(27-18(22-12)20-11-21-27)25-5-7-26(8-6-25)17-14-3-4-19-10-15(14)23-13(2)24-17/h9,11,19H,3-8,10H2,1-2H3. The summed E-state index contributed by atoms with van der Waals surface area (Å²) in [6.07, 6.45) is 2.56. The molecule has 3 aromatic heterocycles. The quantitative estimate of drug-likeness (QED) is 0.703. The molecule has 3 aromatic rings. The van der Waals surface area contributed by atoms with Crippen LogP contribution in [0.2, 0.25) is 0 Å². The van der Waals surface area contributed by atoms with Crippen molar-refractivity contribution in [2.45, 2.75) is 26.8 Å². The third kappa shape index (κ3) is 2.87. The van der Waals surface area contributed by atoms with Gasteiger partial charge < -0.3 is 15.1 Å². The van der Waals surface area contributed by atoms with Gasteiger partial charge in [0, 0.05) is 50.0 Å². The molecule has 9 heteroatoms. The molecule has 2 aliphatic rings. The van der Waals surface area contributed by atoms with Gasteiger partial charge in [0.15, 0.2) is 0 Å². The van der Waals surface area contributed by atoms with Gasteiger partial charge in [-0.2, -0.15) is 14.6 Å². The highest BCUT2D eigenvalue weighted by atomic mass is 15.4. The van der Waals surface area contributed by atoms with E-state index in [2.05, 4.69) is 41.2 Å². The fraction of sp³-hybridized carbons (Fsp3) is 0.500. The van der Waals surface area contributed by atoms with Crippen molar-refractivity contribution in [2.75, 3.05) is 42.5 Å². The Morgan fingerprint density at radius 2 is 1.81 bits per heavy atom. The molecule has 9 nitrogen and oxygen atoms in total. The molecule has 1 N–H and O–H groups in total. The van der Waals surface area contributed by atoms with E-state index in [1.807, 2.05) is 18.4 Å². The molecule has 0 amide bonds. The molecule has 0 saturated carbocycles. The lowest BCUT2D eigenvalue weighted by molar-refractivity contribution is 0.598. The Hall–Kier alpha value is -2.81. The number of aryl methyl sites for hydroxylation is 2. The molecule has 0 spiro atoms. The molecule has 1 fully saturated rings. The molecule has 0 radical (unpaired) electrons. The SMILES string of the molecule is Cc1cc(N2CCN(c3nc(C)nc4c3CCNC4)CC2)n2ncnc2n1.